The Morgan fingerprint density at radius 2 is 1.88 bits per heavy atom. The molecule has 1 saturated carbocycles. The molecule has 0 spiro atoms. The number of carbonyl (C=O) groups is 1. The first-order chi connectivity index (χ1) is 8.27. The van der Waals surface area contributed by atoms with Crippen LogP contribution in [0.2, 0.25) is 0 Å². The number of benzene rings is 1. The fraction of sp³-hybridized carbons (Fsp3) is 0.357. The summed E-state index contributed by atoms with van der Waals surface area (Å²) in [6.07, 6.45) is 6.17. The second-order valence-corrected chi connectivity index (χ2v) is 4.28. The van der Waals surface area contributed by atoms with Crippen molar-refractivity contribution >= 4 is 11.5 Å². The van der Waals surface area contributed by atoms with Gasteiger partial charge in [-0.3, -0.25) is 4.79 Å². The third-order valence-corrected chi connectivity index (χ3v) is 2.98. The molecular formula is C14H16FNO. The molecule has 0 saturated heterocycles. The highest BCUT2D eigenvalue weighted by Gasteiger charge is 2.13. The molecule has 0 aromatic heterocycles. The average molecular weight is 233 g/mol. The van der Waals surface area contributed by atoms with E-state index in [2.05, 4.69) is 5.32 Å². The first-order valence-electron chi connectivity index (χ1n) is 6.00. The lowest BCUT2D eigenvalue weighted by Crippen LogP contribution is -2.03. The van der Waals surface area contributed by atoms with E-state index in [1.165, 1.54) is 6.07 Å². The summed E-state index contributed by atoms with van der Waals surface area (Å²) < 4.78 is 13.3. The van der Waals surface area contributed by atoms with Crippen molar-refractivity contribution in [3.8, 4) is 0 Å². The Labute approximate surface area is 101 Å². The highest BCUT2D eigenvalue weighted by Crippen LogP contribution is 2.20. The quantitative estimate of drug-likeness (QED) is 0.624. The first-order valence-corrected chi connectivity index (χ1v) is 6.00. The zero-order valence-electron chi connectivity index (χ0n) is 9.71. The van der Waals surface area contributed by atoms with Gasteiger partial charge in [-0.25, -0.2) is 4.39 Å². The average Bonchev–Trinajstić information content (AvgIpc) is 2.53. The second kappa shape index (κ2) is 5.62. The molecule has 1 aliphatic carbocycles. The molecule has 0 bridgehead atoms. The number of ketones is 1. The Bertz CT molecular complexity index is 440. The van der Waals surface area contributed by atoms with Gasteiger partial charge in [0.2, 0.25) is 0 Å². The van der Waals surface area contributed by atoms with Crippen molar-refractivity contribution in [1.29, 1.82) is 0 Å². The fourth-order valence-electron chi connectivity index (χ4n) is 1.97. The second-order valence-electron chi connectivity index (χ2n) is 4.28. The van der Waals surface area contributed by atoms with Crippen LogP contribution in [0.4, 0.5) is 10.1 Å². The van der Waals surface area contributed by atoms with Crippen molar-refractivity contribution < 1.29 is 9.18 Å². The van der Waals surface area contributed by atoms with Gasteiger partial charge >= 0.3 is 0 Å². The zero-order valence-corrected chi connectivity index (χ0v) is 9.71. The molecule has 1 aromatic carbocycles. The van der Waals surface area contributed by atoms with E-state index in [0.717, 1.165) is 31.3 Å². The number of rotatable bonds is 2. The minimum atomic E-state index is -0.301. The molecule has 1 aliphatic rings. The van der Waals surface area contributed by atoms with Crippen LogP contribution in [-0.2, 0) is 4.79 Å². The van der Waals surface area contributed by atoms with E-state index in [9.17, 15) is 9.18 Å². The molecule has 1 N–H and O–H groups in total. The fourth-order valence-corrected chi connectivity index (χ4v) is 1.97. The maximum atomic E-state index is 13.3. The van der Waals surface area contributed by atoms with Gasteiger partial charge in [0.15, 0.2) is 5.78 Å². The Morgan fingerprint density at radius 3 is 2.71 bits per heavy atom. The molecule has 0 amide bonds. The monoisotopic (exact) mass is 233 g/mol. The molecule has 0 aliphatic heterocycles. The van der Waals surface area contributed by atoms with Crippen molar-refractivity contribution in [3.05, 3.63) is 41.9 Å². The summed E-state index contributed by atoms with van der Waals surface area (Å²) in [6, 6.07) is 6.46. The highest BCUT2D eigenvalue weighted by atomic mass is 19.1. The molecule has 2 nitrogen and oxygen atoms in total. The van der Waals surface area contributed by atoms with E-state index in [1.807, 2.05) is 0 Å². The van der Waals surface area contributed by atoms with Crippen LogP contribution in [-0.4, -0.2) is 5.78 Å². The Balaban J connectivity index is 2.09. The lowest BCUT2D eigenvalue weighted by molar-refractivity contribution is -0.115. The Hall–Kier alpha value is -1.64. The van der Waals surface area contributed by atoms with Crippen molar-refractivity contribution in [1.82, 2.24) is 0 Å². The van der Waals surface area contributed by atoms with E-state index in [1.54, 1.807) is 24.4 Å². The lowest BCUT2D eigenvalue weighted by Gasteiger charge is -2.05. The summed E-state index contributed by atoms with van der Waals surface area (Å²) >= 11 is 0. The zero-order chi connectivity index (χ0) is 12.1. The van der Waals surface area contributed by atoms with Crippen LogP contribution in [0.25, 0.3) is 0 Å². The number of hydrogen-bond acceptors (Lipinski definition) is 2. The van der Waals surface area contributed by atoms with E-state index in [-0.39, 0.29) is 11.6 Å². The van der Waals surface area contributed by atoms with Crippen molar-refractivity contribution in [2.75, 3.05) is 5.32 Å². The van der Waals surface area contributed by atoms with E-state index < -0.39 is 0 Å². The summed E-state index contributed by atoms with van der Waals surface area (Å²) in [5.41, 5.74) is 1.20. The molecule has 1 aromatic rings. The topological polar surface area (TPSA) is 29.1 Å². The summed E-state index contributed by atoms with van der Waals surface area (Å²) in [5.74, 6) is -0.114. The molecule has 0 atom stereocenters. The van der Waals surface area contributed by atoms with Crippen LogP contribution in [0.3, 0.4) is 0 Å². The van der Waals surface area contributed by atoms with Gasteiger partial charge in [0.1, 0.15) is 5.82 Å². The highest BCUT2D eigenvalue weighted by molar-refractivity contribution is 5.95. The molecule has 2 rings (SSSR count). The van der Waals surface area contributed by atoms with E-state index in [4.69, 9.17) is 0 Å². The molecule has 0 radical (unpaired) electrons. The minimum absolute atomic E-state index is 0.186. The van der Waals surface area contributed by atoms with Crippen molar-refractivity contribution in [3.63, 3.8) is 0 Å². The van der Waals surface area contributed by atoms with Crippen LogP contribution in [0.15, 0.2) is 36.0 Å². The summed E-state index contributed by atoms with van der Waals surface area (Å²) in [5, 5.41) is 2.88. The summed E-state index contributed by atoms with van der Waals surface area (Å²) in [4.78, 5) is 11.7. The van der Waals surface area contributed by atoms with Gasteiger partial charge < -0.3 is 5.32 Å². The number of para-hydroxylation sites is 1. The number of allylic oxidation sites excluding steroid dienone is 1. The number of carbonyl (C=O) groups excluding carboxylic acids is 1. The molecule has 3 heteroatoms. The third-order valence-electron chi connectivity index (χ3n) is 2.98. The molecular weight excluding hydrogens is 217 g/mol. The number of halogens is 1. The van der Waals surface area contributed by atoms with Crippen molar-refractivity contribution in [2.24, 2.45) is 0 Å². The number of anilines is 1. The molecule has 17 heavy (non-hydrogen) atoms. The molecule has 90 valence electrons. The third kappa shape index (κ3) is 3.16. The lowest BCUT2D eigenvalue weighted by atomic mass is 10.1. The van der Waals surface area contributed by atoms with Crippen LogP contribution >= 0.6 is 0 Å². The predicted molar refractivity (Wildman–Crippen MR) is 66.2 cm³/mol. The number of hydrogen-bond donors (Lipinski definition) is 1. The van der Waals surface area contributed by atoms with Crippen LogP contribution in [0, 0.1) is 5.82 Å². The maximum Gasteiger partial charge on any atom is 0.160 e. The van der Waals surface area contributed by atoms with Crippen molar-refractivity contribution in [2.45, 2.75) is 32.1 Å². The smallest absolute Gasteiger partial charge is 0.160 e. The van der Waals surface area contributed by atoms with Gasteiger partial charge in [-0.1, -0.05) is 18.6 Å². The molecule has 0 heterocycles. The number of nitrogens with one attached hydrogen (secondary N) is 1. The normalized spacial score (nSPS) is 19.1. The van der Waals surface area contributed by atoms with Crippen LogP contribution in [0.5, 0.6) is 0 Å². The maximum absolute atomic E-state index is 13.3. The first kappa shape index (κ1) is 11.8. The molecule has 1 fully saturated rings. The van der Waals surface area contributed by atoms with Gasteiger partial charge in [-0.2, -0.15) is 0 Å². The van der Waals surface area contributed by atoms with Crippen LogP contribution in [0.1, 0.15) is 32.1 Å². The minimum Gasteiger partial charge on any atom is -0.359 e. The Kier molecular flexibility index (Phi) is 3.91. The number of Topliss-reactive ketones (excluding diaryl/α,β-unsaturated/α-hetero) is 1. The standard InChI is InChI=1S/C14H16FNO/c15-12-7-4-5-8-13(12)16-10-11-6-2-1-3-9-14(11)17/h4-5,7-8,10,16H,1-3,6,9H2. The van der Waals surface area contributed by atoms with Gasteiger partial charge in [-0.05, 0) is 31.4 Å². The van der Waals surface area contributed by atoms with E-state index >= 15 is 0 Å². The summed E-state index contributed by atoms with van der Waals surface area (Å²) in [7, 11) is 0. The summed E-state index contributed by atoms with van der Waals surface area (Å²) in [6.45, 7) is 0. The van der Waals surface area contributed by atoms with Gasteiger partial charge in [0.05, 0.1) is 5.69 Å². The predicted octanol–water partition coefficient (Wildman–Crippen LogP) is 3.65. The van der Waals surface area contributed by atoms with E-state index in [0.29, 0.717) is 12.1 Å². The largest absolute Gasteiger partial charge is 0.359 e. The molecule has 0 unspecified atom stereocenters. The van der Waals surface area contributed by atoms with Gasteiger partial charge in [0.25, 0.3) is 0 Å². The SMILES string of the molecule is O=C1CCCCCC1=CNc1ccccc1F. The van der Waals surface area contributed by atoms with Gasteiger partial charge in [0, 0.05) is 18.2 Å². The van der Waals surface area contributed by atoms with Crippen LogP contribution < -0.4 is 5.32 Å². The Morgan fingerprint density at radius 1 is 1.12 bits per heavy atom. The van der Waals surface area contributed by atoms with Gasteiger partial charge in [-0.15, -0.1) is 0 Å².